The molecule has 1 amide bonds. The van der Waals surface area contributed by atoms with Crippen LogP contribution in [0.4, 0.5) is 5.69 Å². The molecule has 0 saturated carbocycles. The number of hydrogen-bond acceptors (Lipinski definition) is 6. The van der Waals surface area contributed by atoms with Gasteiger partial charge in [0.2, 0.25) is 0 Å². The number of rotatable bonds is 8. The van der Waals surface area contributed by atoms with Crippen molar-refractivity contribution in [1.29, 1.82) is 0 Å². The molecule has 0 aliphatic carbocycles. The minimum atomic E-state index is -0.623. The molecule has 0 saturated heterocycles. The van der Waals surface area contributed by atoms with Crippen LogP contribution in [-0.2, 0) is 7.05 Å². The summed E-state index contributed by atoms with van der Waals surface area (Å²) in [5.41, 5.74) is 0.292. The van der Waals surface area contributed by atoms with Crippen molar-refractivity contribution in [3.05, 3.63) is 81.9 Å². The van der Waals surface area contributed by atoms with E-state index in [-0.39, 0.29) is 22.7 Å². The maximum Gasteiger partial charge on any atom is 0.286 e. The number of nitrogens with one attached hydrogen (secondary N) is 1. The first-order valence-corrected chi connectivity index (χ1v) is 9.28. The molecule has 3 aromatic rings. The van der Waals surface area contributed by atoms with E-state index in [4.69, 9.17) is 9.47 Å². The van der Waals surface area contributed by atoms with Crippen LogP contribution in [0.5, 0.6) is 11.5 Å². The van der Waals surface area contributed by atoms with Gasteiger partial charge in [0.05, 0.1) is 24.7 Å². The number of carbonyl (C=O) groups is 1. The van der Waals surface area contributed by atoms with Gasteiger partial charge in [-0.2, -0.15) is 0 Å². The Kier molecular flexibility index (Phi) is 6.31. The summed E-state index contributed by atoms with van der Waals surface area (Å²) < 4.78 is 12.4. The molecule has 1 N–H and O–H groups in total. The molecule has 0 unspecified atom stereocenters. The molecule has 2 aromatic carbocycles. The largest absolute Gasteiger partial charge is 0.493 e. The molecule has 0 spiro atoms. The predicted molar refractivity (Wildman–Crippen MR) is 110 cm³/mol. The summed E-state index contributed by atoms with van der Waals surface area (Å²) in [6.45, 7) is 2.09. The van der Waals surface area contributed by atoms with Crippen LogP contribution in [0.3, 0.4) is 0 Å². The van der Waals surface area contributed by atoms with E-state index < -0.39 is 16.9 Å². The van der Waals surface area contributed by atoms with E-state index in [0.29, 0.717) is 12.4 Å². The molecule has 9 heteroatoms. The third kappa shape index (κ3) is 4.24. The number of nitrogens with zero attached hydrogens (tertiary/aromatic N) is 3. The number of amides is 1. The lowest BCUT2D eigenvalue weighted by molar-refractivity contribution is -0.385. The Morgan fingerprint density at radius 3 is 2.57 bits per heavy atom. The van der Waals surface area contributed by atoms with Crippen molar-refractivity contribution in [3.8, 4) is 11.5 Å². The van der Waals surface area contributed by atoms with Crippen LogP contribution >= 0.6 is 0 Å². The van der Waals surface area contributed by atoms with Crippen LogP contribution in [0.25, 0.3) is 0 Å². The number of hydrogen-bond donors (Lipinski definition) is 1. The van der Waals surface area contributed by atoms with Gasteiger partial charge in [-0.15, -0.1) is 0 Å². The maximum absolute atomic E-state index is 13.2. The van der Waals surface area contributed by atoms with Gasteiger partial charge in [0.15, 0.2) is 11.5 Å². The molecular formula is C21H22N4O5. The van der Waals surface area contributed by atoms with E-state index in [1.807, 2.05) is 37.4 Å². The third-order valence-electron chi connectivity index (χ3n) is 4.55. The molecule has 0 radical (unpaired) electrons. The zero-order valence-corrected chi connectivity index (χ0v) is 16.9. The number of carbonyl (C=O) groups excluding carboxylic acids is 1. The zero-order chi connectivity index (χ0) is 21.7. The van der Waals surface area contributed by atoms with Crippen molar-refractivity contribution < 1.29 is 19.2 Å². The predicted octanol–water partition coefficient (Wildman–Crippen LogP) is 3.26. The Morgan fingerprint density at radius 2 is 2.00 bits per heavy atom. The lowest BCUT2D eigenvalue weighted by atomic mass is 10.0. The van der Waals surface area contributed by atoms with Gasteiger partial charge in [-0.1, -0.05) is 30.3 Å². The molecule has 0 aliphatic rings. The normalized spacial score (nSPS) is 11.6. The van der Waals surface area contributed by atoms with E-state index in [1.165, 1.54) is 19.2 Å². The van der Waals surface area contributed by atoms with Crippen molar-refractivity contribution in [2.24, 2.45) is 7.05 Å². The molecule has 1 aromatic heterocycles. The van der Waals surface area contributed by atoms with Gasteiger partial charge >= 0.3 is 0 Å². The molecule has 1 heterocycles. The number of ether oxygens (including phenoxy) is 2. The topological polar surface area (TPSA) is 109 Å². The molecule has 1 atom stereocenters. The minimum Gasteiger partial charge on any atom is -0.493 e. The number of nitro groups is 1. The summed E-state index contributed by atoms with van der Waals surface area (Å²) >= 11 is 0. The number of aromatic nitrogens is 2. The van der Waals surface area contributed by atoms with Crippen molar-refractivity contribution in [2.45, 2.75) is 13.0 Å². The van der Waals surface area contributed by atoms with E-state index in [1.54, 1.807) is 23.9 Å². The summed E-state index contributed by atoms with van der Waals surface area (Å²) in [6, 6.07) is 11.2. The average molecular weight is 410 g/mol. The van der Waals surface area contributed by atoms with E-state index in [2.05, 4.69) is 10.3 Å². The van der Waals surface area contributed by atoms with Gasteiger partial charge in [0.25, 0.3) is 11.6 Å². The Bertz CT molecular complexity index is 1050. The van der Waals surface area contributed by atoms with Crippen LogP contribution in [0, 0.1) is 10.1 Å². The molecular weight excluding hydrogens is 388 g/mol. The van der Waals surface area contributed by atoms with Crippen LogP contribution in [-0.4, -0.2) is 34.1 Å². The molecule has 9 nitrogen and oxygen atoms in total. The quantitative estimate of drug-likeness (QED) is 0.451. The fourth-order valence-corrected chi connectivity index (χ4v) is 3.12. The number of aryl methyl sites for hydroxylation is 1. The SMILES string of the molecule is CCOc1cc(C(=O)N[C@H](c2ccccc2)c2nccn2C)c([N+](=O)[O-])cc1OC. The monoisotopic (exact) mass is 410 g/mol. The summed E-state index contributed by atoms with van der Waals surface area (Å²) in [4.78, 5) is 28.5. The van der Waals surface area contributed by atoms with Crippen LogP contribution in [0.2, 0.25) is 0 Å². The van der Waals surface area contributed by atoms with Gasteiger partial charge in [-0.25, -0.2) is 4.98 Å². The molecule has 0 aliphatic heterocycles. The van der Waals surface area contributed by atoms with Gasteiger partial charge in [-0.05, 0) is 12.5 Å². The summed E-state index contributed by atoms with van der Waals surface area (Å²) in [5, 5.41) is 14.5. The molecule has 0 fully saturated rings. The lowest BCUT2D eigenvalue weighted by Crippen LogP contribution is -2.31. The van der Waals surface area contributed by atoms with Gasteiger partial charge in [-0.3, -0.25) is 14.9 Å². The Hall–Kier alpha value is -3.88. The second kappa shape index (κ2) is 9.08. The molecule has 3 rings (SSSR count). The summed E-state index contributed by atoms with van der Waals surface area (Å²) in [5.74, 6) is 0.408. The zero-order valence-electron chi connectivity index (χ0n) is 16.9. The van der Waals surface area contributed by atoms with Gasteiger partial charge in [0.1, 0.15) is 17.4 Å². The van der Waals surface area contributed by atoms with Gasteiger partial charge < -0.3 is 19.4 Å². The van der Waals surface area contributed by atoms with Crippen LogP contribution in [0.1, 0.15) is 34.7 Å². The van der Waals surface area contributed by atoms with E-state index in [9.17, 15) is 14.9 Å². The van der Waals surface area contributed by atoms with Crippen molar-refractivity contribution in [2.75, 3.05) is 13.7 Å². The number of nitro benzene ring substituents is 1. The third-order valence-corrected chi connectivity index (χ3v) is 4.55. The van der Waals surface area contributed by atoms with Gasteiger partial charge in [0, 0.05) is 25.5 Å². The summed E-state index contributed by atoms with van der Waals surface area (Å²) in [6.07, 6.45) is 3.39. The maximum atomic E-state index is 13.2. The Labute approximate surface area is 173 Å². The molecule has 0 bridgehead atoms. The summed E-state index contributed by atoms with van der Waals surface area (Å²) in [7, 11) is 3.20. The highest BCUT2D eigenvalue weighted by molar-refractivity contribution is 5.99. The Balaban J connectivity index is 2.05. The minimum absolute atomic E-state index is 0.126. The fourth-order valence-electron chi connectivity index (χ4n) is 3.12. The van der Waals surface area contributed by atoms with Crippen molar-refractivity contribution in [1.82, 2.24) is 14.9 Å². The second-order valence-electron chi connectivity index (χ2n) is 6.42. The first-order chi connectivity index (χ1) is 14.5. The molecule has 156 valence electrons. The lowest BCUT2D eigenvalue weighted by Gasteiger charge is -2.19. The molecule has 30 heavy (non-hydrogen) atoms. The highest BCUT2D eigenvalue weighted by Gasteiger charge is 2.28. The highest BCUT2D eigenvalue weighted by Crippen LogP contribution is 2.35. The van der Waals surface area contributed by atoms with Crippen LogP contribution < -0.4 is 14.8 Å². The van der Waals surface area contributed by atoms with E-state index in [0.717, 1.165) is 5.56 Å². The van der Waals surface area contributed by atoms with Crippen LogP contribution in [0.15, 0.2) is 54.9 Å². The number of methoxy groups -OCH3 is 1. The van der Waals surface area contributed by atoms with Crippen molar-refractivity contribution >= 4 is 11.6 Å². The smallest absolute Gasteiger partial charge is 0.286 e. The first kappa shape index (κ1) is 20.8. The van der Waals surface area contributed by atoms with E-state index >= 15 is 0 Å². The number of imidazole rings is 1. The number of benzene rings is 2. The first-order valence-electron chi connectivity index (χ1n) is 9.28. The second-order valence-corrected chi connectivity index (χ2v) is 6.42. The standard InChI is InChI=1S/C21H22N4O5/c1-4-30-18-12-15(16(25(27)28)13-17(18)29-3)21(26)23-19(14-8-6-5-7-9-14)20-22-10-11-24(20)2/h5-13,19H,4H2,1-3H3,(H,23,26)/t19-/m1/s1. The average Bonchev–Trinajstić information content (AvgIpc) is 3.17. The van der Waals surface area contributed by atoms with Crippen molar-refractivity contribution in [3.63, 3.8) is 0 Å². The fraction of sp³-hybridized carbons (Fsp3) is 0.238. The Morgan fingerprint density at radius 1 is 1.27 bits per heavy atom. The highest BCUT2D eigenvalue weighted by atomic mass is 16.6.